The maximum absolute atomic E-state index is 11.8. The molecule has 0 aromatic heterocycles. The topological polar surface area (TPSA) is 86.6 Å². The van der Waals surface area contributed by atoms with E-state index in [1.165, 1.54) is 11.6 Å². The number of nitrogens with zero attached hydrogens (tertiary/aromatic N) is 3. The van der Waals surface area contributed by atoms with E-state index < -0.39 is 18.4 Å². The molecule has 32 heavy (non-hydrogen) atoms. The molecule has 9 heteroatoms. The number of carbonyl (C=O) groups is 1. The van der Waals surface area contributed by atoms with Crippen molar-refractivity contribution in [3.05, 3.63) is 48.6 Å². The number of rotatable bonds is 11. The summed E-state index contributed by atoms with van der Waals surface area (Å²) in [5.74, 6) is 0.618. The Morgan fingerprint density at radius 1 is 1.38 bits per heavy atom. The summed E-state index contributed by atoms with van der Waals surface area (Å²) in [6.07, 6.45) is 1.22. The van der Waals surface area contributed by atoms with E-state index in [2.05, 4.69) is 45.9 Å². The lowest BCUT2D eigenvalue weighted by molar-refractivity contribution is -0.284. The zero-order valence-electron chi connectivity index (χ0n) is 19.9. The van der Waals surface area contributed by atoms with E-state index in [1.54, 1.807) is 18.7 Å². The molecule has 0 saturated carbocycles. The molecule has 1 aliphatic rings. The second-order valence-corrected chi connectivity index (χ2v) is 8.63. The Bertz CT molecular complexity index is 704. The van der Waals surface area contributed by atoms with Crippen molar-refractivity contribution < 1.29 is 19.7 Å². The van der Waals surface area contributed by atoms with E-state index >= 15 is 0 Å². The fourth-order valence-electron chi connectivity index (χ4n) is 3.16. The Morgan fingerprint density at radius 3 is 2.69 bits per heavy atom. The van der Waals surface area contributed by atoms with Crippen molar-refractivity contribution in [3.8, 4) is 0 Å². The molecule has 2 rings (SSSR count). The molecule has 1 aromatic rings. The highest BCUT2D eigenvalue weighted by Crippen LogP contribution is 2.28. The first-order valence-electron chi connectivity index (χ1n) is 10.9. The number of likely N-dealkylation sites (N-methyl/N-ethyl adjacent to an activating group) is 1. The summed E-state index contributed by atoms with van der Waals surface area (Å²) >= 11 is 1.58. The number of nitrogens with one attached hydrogen (secondary N) is 1. The first-order valence-corrected chi connectivity index (χ1v) is 11.9. The van der Waals surface area contributed by atoms with Gasteiger partial charge in [-0.3, -0.25) is 15.1 Å². The zero-order chi connectivity index (χ0) is 23.9. The third kappa shape index (κ3) is 11.2. The summed E-state index contributed by atoms with van der Waals surface area (Å²) < 4.78 is 5.84. The van der Waals surface area contributed by atoms with E-state index in [1.807, 2.05) is 39.1 Å². The van der Waals surface area contributed by atoms with Crippen LogP contribution in [0.3, 0.4) is 0 Å². The van der Waals surface area contributed by atoms with Crippen molar-refractivity contribution in [1.29, 1.82) is 0 Å². The standard InChI is InChI=1S/C21H32N4O4S.C2H6/c1-5-16(2)22-21(26)23-19-14-30-20(28-19)11-18(29-27)13-25(4)15-24(3)12-17-9-7-6-8-10-17;1-2/h5-10,18-20,27H,1,11-15H2,2-4H3,(H,23,26);1-2H3. The molecule has 0 bridgehead atoms. The number of benzene rings is 1. The number of thioether (sulfide) groups is 1. The highest BCUT2D eigenvalue weighted by Gasteiger charge is 2.30. The number of hydrogen-bond acceptors (Lipinski definition) is 7. The van der Waals surface area contributed by atoms with Crippen LogP contribution >= 0.6 is 11.8 Å². The number of amides is 2. The highest BCUT2D eigenvalue weighted by molar-refractivity contribution is 8.00. The van der Waals surface area contributed by atoms with Crippen LogP contribution in [0.1, 0.15) is 32.8 Å². The van der Waals surface area contributed by atoms with Crippen molar-refractivity contribution in [3.63, 3.8) is 0 Å². The summed E-state index contributed by atoms with van der Waals surface area (Å²) in [6, 6.07) is 9.82. The summed E-state index contributed by atoms with van der Waals surface area (Å²) in [6.45, 7) is 11.4. The van der Waals surface area contributed by atoms with Gasteiger partial charge in [-0.2, -0.15) is 4.99 Å². The third-order valence-corrected chi connectivity index (χ3v) is 5.68. The van der Waals surface area contributed by atoms with Crippen LogP contribution in [0, 0.1) is 0 Å². The fourth-order valence-corrected chi connectivity index (χ4v) is 4.27. The lowest BCUT2D eigenvalue weighted by atomic mass is 10.2. The monoisotopic (exact) mass is 466 g/mol. The van der Waals surface area contributed by atoms with Crippen LogP contribution in [-0.4, -0.2) is 77.6 Å². The molecule has 3 unspecified atom stereocenters. The number of hydrogen-bond donors (Lipinski definition) is 2. The summed E-state index contributed by atoms with van der Waals surface area (Å²) in [7, 11) is 4.04. The Balaban J connectivity index is 0.00000249. The van der Waals surface area contributed by atoms with Gasteiger partial charge >= 0.3 is 6.03 Å². The van der Waals surface area contributed by atoms with Gasteiger partial charge in [-0.25, -0.2) is 9.68 Å². The van der Waals surface area contributed by atoms with Crippen molar-refractivity contribution in [1.82, 2.24) is 15.1 Å². The molecule has 1 aromatic carbocycles. The maximum Gasteiger partial charge on any atom is 0.343 e. The predicted molar refractivity (Wildman–Crippen MR) is 132 cm³/mol. The predicted octanol–water partition coefficient (Wildman–Crippen LogP) is 4.05. The van der Waals surface area contributed by atoms with Crippen LogP contribution in [0.15, 0.2) is 48.0 Å². The molecule has 2 amide bonds. The summed E-state index contributed by atoms with van der Waals surface area (Å²) in [4.78, 5) is 24.6. The first kappa shape index (κ1) is 28.3. The molecule has 1 aliphatic heterocycles. The quantitative estimate of drug-likeness (QED) is 0.220. The molecule has 0 aliphatic carbocycles. The van der Waals surface area contributed by atoms with Gasteiger partial charge in [-0.1, -0.05) is 50.8 Å². The third-order valence-electron chi connectivity index (χ3n) is 4.51. The minimum atomic E-state index is -0.449. The zero-order valence-corrected chi connectivity index (χ0v) is 20.7. The van der Waals surface area contributed by atoms with Crippen molar-refractivity contribution in [2.24, 2.45) is 4.99 Å². The fraction of sp³-hybridized carbons (Fsp3) is 0.565. The molecule has 0 spiro atoms. The minimum Gasteiger partial charge on any atom is -0.344 e. The number of carbonyl (C=O) groups excluding carboxylic acids is 1. The van der Waals surface area contributed by atoms with Crippen LogP contribution in [0.2, 0.25) is 0 Å². The smallest absolute Gasteiger partial charge is 0.343 e. The van der Waals surface area contributed by atoms with E-state index in [0.29, 0.717) is 24.4 Å². The van der Waals surface area contributed by atoms with E-state index in [9.17, 15) is 10.1 Å². The Kier molecular flexibility index (Phi) is 14.1. The number of aliphatic imine (C=N–C) groups is 1. The van der Waals surface area contributed by atoms with Crippen LogP contribution in [-0.2, 0) is 16.2 Å². The van der Waals surface area contributed by atoms with Crippen molar-refractivity contribution in [2.75, 3.05) is 33.1 Å². The van der Waals surface area contributed by atoms with Gasteiger partial charge in [0.2, 0.25) is 0 Å². The Hall–Kier alpha value is -1.75. The van der Waals surface area contributed by atoms with Crippen LogP contribution in [0.4, 0.5) is 4.79 Å². The van der Waals surface area contributed by atoms with Crippen LogP contribution < -0.4 is 5.32 Å². The highest BCUT2D eigenvalue weighted by atomic mass is 32.2. The van der Waals surface area contributed by atoms with Gasteiger partial charge in [0, 0.05) is 31.0 Å². The largest absolute Gasteiger partial charge is 0.344 e. The second kappa shape index (κ2) is 16.0. The molecule has 180 valence electrons. The van der Waals surface area contributed by atoms with Gasteiger partial charge in [0.25, 0.3) is 0 Å². The van der Waals surface area contributed by atoms with E-state index in [0.717, 1.165) is 13.2 Å². The SMILES string of the molecule is C=CC(C)=NC(=O)NC1CSC(CC(CN(C)CN(C)Cc2ccccc2)OO)O1.CC. The minimum absolute atomic E-state index is 0.174. The van der Waals surface area contributed by atoms with Gasteiger partial charge in [0.1, 0.15) is 17.8 Å². The lowest BCUT2D eigenvalue weighted by Gasteiger charge is -2.27. The molecular formula is C23H38N4O4S. The first-order chi connectivity index (χ1) is 15.4. The van der Waals surface area contributed by atoms with Gasteiger partial charge in [-0.05, 0) is 32.7 Å². The molecule has 0 radical (unpaired) electrons. The average molecular weight is 467 g/mol. The summed E-state index contributed by atoms with van der Waals surface area (Å²) in [5.41, 5.74) is 1.62. The number of ether oxygens (including phenoxy) is 1. The van der Waals surface area contributed by atoms with Crippen LogP contribution in [0.5, 0.6) is 0 Å². The maximum atomic E-state index is 11.8. The Labute approximate surface area is 196 Å². The lowest BCUT2D eigenvalue weighted by Crippen LogP contribution is -2.39. The van der Waals surface area contributed by atoms with Crippen molar-refractivity contribution in [2.45, 2.75) is 51.5 Å². The van der Waals surface area contributed by atoms with Gasteiger partial charge in [0.05, 0.1) is 6.67 Å². The molecule has 8 nitrogen and oxygen atoms in total. The Morgan fingerprint density at radius 2 is 2.06 bits per heavy atom. The molecule has 3 atom stereocenters. The van der Waals surface area contributed by atoms with Gasteiger partial charge in [0.15, 0.2) is 0 Å². The van der Waals surface area contributed by atoms with E-state index in [4.69, 9.17) is 9.62 Å². The van der Waals surface area contributed by atoms with Gasteiger partial charge in [-0.15, -0.1) is 11.8 Å². The van der Waals surface area contributed by atoms with Crippen molar-refractivity contribution >= 4 is 23.5 Å². The summed E-state index contributed by atoms with van der Waals surface area (Å²) in [5, 5.41) is 12.1. The average Bonchev–Trinajstić information content (AvgIpc) is 3.21. The molecule has 1 fully saturated rings. The second-order valence-electron chi connectivity index (χ2n) is 7.44. The number of urea groups is 1. The normalized spacial score (nSPS) is 19.4. The van der Waals surface area contributed by atoms with E-state index in [-0.39, 0.29) is 5.44 Å². The van der Waals surface area contributed by atoms with Gasteiger partial charge < -0.3 is 10.1 Å². The molecule has 1 saturated heterocycles. The van der Waals surface area contributed by atoms with Crippen LogP contribution in [0.25, 0.3) is 0 Å². The number of allylic oxidation sites excluding steroid dienone is 1. The molecule has 2 N–H and O–H groups in total. The molecule has 1 heterocycles. The molecular weight excluding hydrogens is 428 g/mol.